The normalized spacial score (nSPS) is 9.43. The van der Waals surface area contributed by atoms with Gasteiger partial charge in [-0.2, -0.15) is 0 Å². The average molecular weight is 117 g/mol. The molecule has 0 aliphatic rings. The summed E-state index contributed by atoms with van der Waals surface area (Å²) in [6.45, 7) is 1.77. The molecule has 40 valence electrons. The van der Waals surface area contributed by atoms with Gasteiger partial charge in [0.15, 0.2) is 0 Å². The number of rotatable bonds is 0. The molecular formula is C3H7N3S. The van der Waals surface area contributed by atoms with E-state index >= 15 is 0 Å². The van der Waals surface area contributed by atoms with Crippen LogP contribution in [-0.4, -0.2) is 11.3 Å². The van der Waals surface area contributed by atoms with Crippen LogP contribution in [0.3, 0.4) is 0 Å². The maximum atomic E-state index is 4.85. The minimum Gasteiger partial charge on any atom is -0.299 e. The fourth-order valence-corrected chi connectivity index (χ4v) is 0.260. The summed E-state index contributed by atoms with van der Waals surface area (Å²) < 4.78 is 0. The van der Waals surface area contributed by atoms with Crippen LogP contribution < -0.4 is 11.3 Å². The lowest BCUT2D eigenvalue weighted by Crippen LogP contribution is -2.26. The minimum atomic E-state index is 0.308. The molecule has 4 heteroatoms. The molecule has 0 unspecified atom stereocenters. The van der Waals surface area contributed by atoms with Crippen LogP contribution in [0.25, 0.3) is 0 Å². The van der Waals surface area contributed by atoms with Crippen LogP contribution in [0.5, 0.6) is 0 Å². The van der Waals surface area contributed by atoms with Gasteiger partial charge < -0.3 is 0 Å². The summed E-state index contributed by atoms with van der Waals surface area (Å²) in [5, 5.41) is 0.308. The van der Waals surface area contributed by atoms with Crippen molar-refractivity contribution in [2.75, 3.05) is 0 Å². The molecule has 0 heterocycles. The van der Waals surface area contributed by atoms with E-state index < -0.39 is 0 Å². The van der Waals surface area contributed by atoms with Gasteiger partial charge in [0.2, 0.25) is 5.11 Å². The van der Waals surface area contributed by atoms with Gasteiger partial charge in [-0.1, -0.05) is 0 Å². The number of nitrogens with two attached hydrogens (primary N) is 1. The second-order valence-electron chi connectivity index (χ2n) is 0.837. The third-order valence-electron chi connectivity index (χ3n) is 0.370. The molecule has 0 atom stereocenters. The zero-order valence-corrected chi connectivity index (χ0v) is 4.83. The minimum absolute atomic E-state index is 0.308. The largest absolute Gasteiger partial charge is 0.299 e. The highest BCUT2D eigenvalue weighted by atomic mass is 32.1. The first kappa shape index (κ1) is 6.52. The maximum absolute atomic E-state index is 4.85. The van der Waals surface area contributed by atoms with Crippen molar-refractivity contribution in [2.24, 2.45) is 10.8 Å². The summed E-state index contributed by atoms with van der Waals surface area (Å²) in [6.07, 6.45) is 1.57. The monoisotopic (exact) mass is 117 g/mol. The summed E-state index contributed by atoms with van der Waals surface area (Å²) in [5.74, 6) is 4.85. The molecule has 3 nitrogen and oxygen atoms in total. The molecule has 0 amide bonds. The highest BCUT2D eigenvalue weighted by molar-refractivity contribution is 7.80. The van der Waals surface area contributed by atoms with Gasteiger partial charge in [0.1, 0.15) is 0 Å². The smallest absolute Gasteiger partial charge is 0.206 e. The van der Waals surface area contributed by atoms with E-state index in [9.17, 15) is 0 Å². The summed E-state index contributed by atoms with van der Waals surface area (Å²) in [7, 11) is 0. The van der Waals surface area contributed by atoms with Crippen molar-refractivity contribution in [3.8, 4) is 0 Å². The third-order valence-corrected chi connectivity index (χ3v) is 0.593. The van der Waals surface area contributed by atoms with Crippen molar-refractivity contribution < 1.29 is 0 Å². The highest BCUT2D eigenvalue weighted by Crippen LogP contribution is 1.66. The third kappa shape index (κ3) is 3.35. The number of nitrogens with zero attached hydrogens (tertiary/aromatic N) is 1. The lowest BCUT2D eigenvalue weighted by molar-refractivity contribution is 1.04. The van der Waals surface area contributed by atoms with Gasteiger partial charge in [-0.15, -0.1) is 0 Å². The van der Waals surface area contributed by atoms with E-state index in [1.165, 1.54) is 0 Å². The average Bonchev–Trinajstić information content (AvgIpc) is 1.68. The van der Waals surface area contributed by atoms with Gasteiger partial charge in [-0.3, -0.25) is 5.43 Å². The molecule has 0 saturated carbocycles. The molecule has 0 saturated heterocycles. The van der Waals surface area contributed by atoms with Crippen LogP contribution >= 0.6 is 12.2 Å². The molecule has 0 rings (SSSR count). The predicted molar refractivity (Wildman–Crippen MR) is 34.1 cm³/mol. The Labute approximate surface area is 47.6 Å². The second kappa shape index (κ2) is 3.70. The van der Waals surface area contributed by atoms with Crippen molar-refractivity contribution >= 4 is 23.5 Å². The first-order chi connectivity index (χ1) is 3.31. The van der Waals surface area contributed by atoms with Crippen LogP contribution in [0.4, 0.5) is 0 Å². The zero-order valence-electron chi connectivity index (χ0n) is 4.01. The van der Waals surface area contributed by atoms with Gasteiger partial charge >= 0.3 is 0 Å². The molecule has 0 aromatic heterocycles. The molecule has 0 aliphatic carbocycles. The Morgan fingerprint density at radius 3 is 2.71 bits per heavy atom. The standard InChI is InChI=1S/C3H7N3S/c1-2-5-3(7)6-4/h2H,4H2,1H3,(H,6,7). The lowest BCUT2D eigenvalue weighted by atomic mass is 10.9. The Bertz CT molecular complexity index is 88.2. The number of aliphatic imine (C=N–C) groups is 1. The second-order valence-corrected chi connectivity index (χ2v) is 1.22. The molecule has 0 spiro atoms. The Morgan fingerprint density at radius 1 is 2.00 bits per heavy atom. The molecule has 7 heavy (non-hydrogen) atoms. The number of hydrogen-bond acceptors (Lipinski definition) is 2. The number of hydrazine groups is 1. The van der Waals surface area contributed by atoms with Crippen LogP contribution in [0.1, 0.15) is 6.92 Å². The molecule has 0 fully saturated rings. The zero-order chi connectivity index (χ0) is 5.70. The van der Waals surface area contributed by atoms with Crippen LogP contribution in [0, 0.1) is 0 Å². The van der Waals surface area contributed by atoms with Crippen molar-refractivity contribution in [3.05, 3.63) is 0 Å². The Balaban J connectivity index is 3.37. The fraction of sp³-hybridized carbons (Fsp3) is 0.333. The van der Waals surface area contributed by atoms with Crippen LogP contribution in [0.2, 0.25) is 0 Å². The molecule has 0 aromatic rings. The summed E-state index contributed by atoms with van der Waals surface area (Å²) in [4.78, 5) is 3.61. The summed E-state index contributed by atoms with van der Waals surface area (Å²) >= 11 is 4.52. The molecule has 0 bridgehead atoms. The van der Waals surface area contributed by atoms with Crippen molar-refractivity contribution in [1.29, 1.82) is 0 Å². The molecule has 0 aromatic carbocycles. The van der Waals surface area contributed by atoms with E-state index in [1.807, 2.05) is 0 Å². The first-order valence-electron chi connectivity index (χ1n) is 1.80. The fourth-order valence-electron chi connectivity index (χ4n) is 0.155. The molecule has 3 N–H and O–H groups in total. The van der Waals surface area contributed by atoms with Crippen molar-refractivity contribution in [3.63, 3.8) is 0 Å². The molecule has 0 aliphatic heterocycles. The quantitative estimate of drug-likeness (QED) is 0.200. The van der Waals surface area contributed by atoms with E-state index in [-0.39, 0.29) is 0 Å². The van der Waals surface area contributed by atoms with Crippen LogP contribution in [-0.2, 0) is 0 Å². The van der Waals surface area contributed by atoms with E-state index in [1.54, 1.807) is 13.1 Å². The van der Waals surface area contributed by atoms with E-state index in [4.69, 9.17) is 5.84 Å². The van der Waals surface area contributed by atoms with Gasteiger partial charge in [-0.05, 0) is 19.1 Å². The van der Waals surface area contributed by atoms with Gasteiger partial charge in [0.25, 0.3) is 0 Å². The highest BCUT2D eigenvalue weighted by Gasteiger charge is 1.76. The summed E-state index contributed by atoms with van der Waals surface area (Å²) in [5.41, 5.74) is 2.20. The van der Waals surface area contributed by atoms with Crippen molar-refractivity contribution in [1.82, 2.24) is 5.43 Å². The SMILES string of the molecule is CC=NC(=S)NN. The molecular weight excluding hydrogens is 110 g/mol. The first-order valence-corrected chi connectivity index (χ1v) is 2.21. The number of nitrogens with one attached hydrogen (secondary N) is 1. The lowest BCUT2D eigenvalue weighted by Gasteiger charge is -1.88. The summed E-state index contributed by atoms with van der Waals surface area (Å²) in [6, 6.07) is 0. The Kier molecular flexibility index (Phi) is 3.45. The van der Waals surface area contributed by atoms with Gasteiger partial charge in [0.05, 0.1) is 0 Å². The topological polar surface area (TPSA) is 50.4 Å². The predicted octanol–water partition coefficient (Wildman–Crippen LogP) is -0.175. The number of thiocarbonyl (C=S) groups is 1. The van der Waals surface area contributed by atoms with Crippen LogP contribution in [0.15, 0.2) is 4.99 Å². The number of hydrogen-bond donors (Lipinski definition) is 2. The van der Waals surface area contributed by atoms with Gasteiger partial charge in [0, 0.05) is 6.21 Å². The molecule has 0 radical (unpaired) electrons. The van der Waals surface area contributed by atoms with E-state index in [0.717, 1.165) is 0 Å². The van der Waals surface area contributed by atoms with E-state index in [2.05, 4.69) is 22.6 Å². The van der Waals surface area contributed by atoms with E-state index in [0.29, 0.717) is 5.11 Å². The Morgan fingerprint density at radius 2 is 2.57 bits per heavy atom. The Hall–Kier alpha value is -0.480. The van der Waals surface area contributed by atoms with Gasteiger partial charge in [-0.25, -0.2) is 10.8 Å². The maximum Gasteiger partial charge on any atom is 0.206 e. The van der Waals surface area contributed by atoms with Crippen molar-refractivity contribution in [2.45, 2.75) is 6.92 Å².